The molecule has 0 bridgehead atoms. The Morgan fingerprint density at radius 3 is 2.67 bits per heavy atom. The summed E-state index contributed by atoms with van der Waals surface area (Å²) in [4.78, 5) is 2.33. The highest BCUT2D eigenvalue weighted by molar-refractivity contribution is 5.56. The molecule has 2 nitrogen and oxygen atoms in total. The summed E-state index contributed by atoms with van der Waals surface area (Å²) in [5, 5.41) is 0. The lowest BCUT2D eigenvalue weighted by Gasteiger charge is -2.24. The first-order valence-corrected chi connectivity index (χ1v) is 7.50. The monoisotopic (exact) mass is 284 g/mol. The molecule has 1 aliphatic rings. The van der Waals surface area contributed by atoms with Crippen LogP contribution in [0.25, 0.3) is 0 Å². The predicted molar refractivity (Wildman–Crippen MR) is 85.0 cm³/mol. The number of nitrogens with zero attached hydrogens (tertiary/aromatic N) is 1. The minimum absolute atomic E-state index is 0.161. The molecule has 0 amide bonds. The SMILES string of the molecule is C[C@@H](N)c1cc(F)ccc1N1CCC(c2ccccc2)C1. The van der Waals surface area contributed by atoms with E-state index in [2.05, 4.69) is 29.2 Å². The maximum atomic E-state index is 13.5. The van der Waals surface area contributed by atoms with Crippen LogP contribution in [0.5, 0.6) is 0 Å². The first-order valence-electron chi connectivity index (χ1n) is 7.50. The zero-order chi connectivity index (χ0) is 14.8. The highest BCUT2D eigenvalue weighted by Gasteiger charge is 2.26. The van der Waals surface area contributed by atoms with Crippen LogP contribution in [0.1, 0.15) is 36.4 Å². The van der Waals surface area contributed by atoms with Crippen LogP contribution in [0.4, 0.5) is 10.1 Å². The molecule has 0 saturated carbocycles. The Morgan fingerprint density at radius 2 is 1.95 bits per heavy atom. The molecule has 0 spiro atoms. The molecular weight excluding hydrogens is 263 g/mol. The van der Waals surface area contributed by atoms with Gasteiger partial charge >= 0.3 is 0 Å². The van der Waals surface area contributed by atoms with Crippen LogP contribution in [0.2, 0.25) is 0 Å². The third-order valence-electron chi connectivity index (χ3n) is 4.28. The van der Waals surface area contributed by atoms with Crippen LogP contribution in [0, 0.1) is 5.82 Å². The van der Waals surface area contributed by atoms with Crippen LogP contribution < -0.4 is 10.6 Å². The molecule has 2 atom stereocenters. The first kappa shape index (κ1) is 14.1. The highest BCUT2D eigenvalue weighted by atomic mass is 19.1. The fourth-order valence-electron chi connectivity index (χ4n) is 3.15. The average molecular weight is 284 g/mol. The number of hydrogen-bond donors (Lipinski definition) is 1. The summed E-state index contributed by atoms with van der Waals surface area (Å²) in [6.07, 6.45) is 1.12. The molecule has 3 heteroatoms. The second kappa shape index (κ2) is 5.86. The van der Waals surface area contributed by atoms with E-state index in [4.69, 9.17) is 5.73 Å². The summed E-state index contributed by atoms with van der Waals surface area (Å²) in [6, 6.07) is 15.4. The van der Waals surface area contributed by atoms with Gasteiger partial charge in [0.05, 0.1) is 0 Å². The summed E-state index contributed by atoms with van der Waals surface area (Å²) in [5.41, 5.74) is 9.35. The maximum absolute atomic E-state index is 13.5. The van der Waals surface area contributed by atoms with E-state index >= 15 is 0 Å². The first-order chi connectivity index (χ1) is 10.1. The van der Waals surface area contributed by atoms with Crippen LogP contribution in [0.3, 0.4) is 0 Å². The van der Waals surface area contributed by atoms with Crippen molar-refractivity contribution >= 4 is 5.69 Å². The van der Waals surface area contributed by atoms with Crippen molar-refractivity contribution in [2.75, 3.05) is 18.0 Å². The van der Waals surface area contributed by atoms with Crippen molar-refractivity contribution in [1.29, 1.82) is 0 Å². The van der Waals surface area contributed by atoms with Gasteiger partial charge in [-0.15, -0.1) is 0 Å². The fraction of sp³-hybridized carbons (Fsp3) is 0.333. The topological polar surface area (TPSA) is 29.3 Å². The Morgan fingerprint density at radius 1 is 1.19 bits per heavy atom. The highest BCUT2D eigenvalue weighted by Crippen LogP contribution is 2.34. The number of anilines is 1. The Labute approximate surface area is 125 Å². The molecule has 1 unspecified atom stereocenters. The number of benzene rings is 2. The molecule has 110 valence electrons. The molecule has 1 fully saturated rings. The van der Waals surface area contributed by atoms with Gasteiger partial charge in [-0.25, -0.2) is 4.39 Å². The summed E-state index contributed by atoms with van der Waals surface area (Å²) in [5.74, 6) is 0.321. The van der Waals surface area contributed by atoms with Crippen molar-refractivity contribution in [2.45, 2.75) is 25.3 Å². The number of nitrogens with two attached hydrogens (primary N) is 1. The van der Waals surface area contributed by atoms with Crippen LogP contribution in [-0.4, -0.2) is 13.1 Å². The second-order valence-electron chi connectivity index (χ2n) is 5.83. The lowest BCUT2D eigenvalue weighted by atomic mass is 9.99. The molecule has 0 aromatic heterocycles. The van der Waals surface area contributed by atoms with E-state index < -0.39 is 0 Å². The van der Waals surface area contributed by atoms with E-state index in [1.54, 1.807) is 6.07 Å². The van der Waals surface area contributed by atoms with Crippen molar-refractivity contribution in [1.82, 2.24) is 0 Å². The zero-order valence-electron chi connectivity index (χ0n) is 12.3. The zero-order valence-corrected chi connectivity index (χ0v) is 12.3. The van der Waals surface area contributed by atoms with Gasteiger partial charge in [-0.05, 0) is 42.7 Å². The summed E-state index contributed by atoms with van der Waals surface area (Å²) in [6.45, 7) is 3.86. The summed E-state index contributed by atoms with van der Waals surface area (Å²) < 4.78 is 13.5. The summed E-state index contributed by atoms with van der Waals surface area (Å²) >= 11 is 0. The molecule has 21 heavy (non-hydrogen) atoms. The van der Waals surface area contributed by atoms with E-state index in [1.807, 2.05) is 19.1 Å². The number of halogens is 1. The number of hydrogen-bond acceptors (Lipinski definition) is 2. The van der Waals surface area contributed by atoms with Gasteiger partial charge in [-0.1, -0.05) is 30.3 Å². The fourth-order valence-corrected chi connectivity index (χ4v) is 3.15. The van der Waals surface area contributed by atoms with Crippen molar-refractivity contribution < 1.29 is 4.39 Å². The van der Waals surface area contributed by atoms with Crippen molar-refractivity contribution in [2.24, 2.45) is 5.73 Å². The van der Waals surface area contributed by atoms with E-state index in [1.165, 1.54) is 11.6 Å². The molecule has 0 radical (unpaired) electrons. The molecular formula is C18H21FN2. The lowest BCUT2D eigenvalue weighted by molar-refractivity contribution is 0.622. The van der Waals surface area contributed by atoms with E-state index in [0.717, 1.165) is 30.8 Å². The minimum Gasteiger partial charge on any atom is -0.371 e. The predicted octanol–water partition coefficient (Wildman–Crippen LogP) is 3.84. The molecule has 1 heterocycles. The second-order valence-corrected chi connectivity index (χ2v) is 5.83. The van der Waals surface area contributed by atoms with Crippen molar-refractivity contribution in [3.63, 3.8) is 0 Å². The minimum atomic E-state index is -0.218. The molecule has 2 aromatic carbocycles. The summed E-state index contributed by atoms with van der Waals surface area (Å²) in [7, 11) is 0. The molecule has 0 aliphatic carbocycles. The normalized spacial score (nSPS) is 19.8. The number of rotatable bonds is 3. The van der Waals surface area contributed by atoms with Gasteiger partial charge in [0, 0.05) is 30.7 Å². The molecule has 1 saturated heterocycles. The van der Waals surface area contributed by atoms with Crippen LogP contribution in [-0.2, 0) is 0 Å². The third-order valence-corrected chi connectivity index (χ3v) is 4.28. The van der Waals surface area contributed by atoms with Gasteiger partial charge in [0.15, 0.2) is 0 Å². The Bertz CT molecular complexity index is 610. The Kier molecular flexibility index (Phi) is 3.93. The van der Waals surface area contributed by atoms with Gasteiger partial charge in [-0.2, -0.15) is 0 Å². The Hall–Kier alpha value is -1.87. The van der Waals surface area contributed by atoms with Gasteiger partial charge in [0.1, 0.15) is 5.82 Å². The van der Waals surface area contributed by atoms with Crippen LogP contribution in [0.15, 0.2) is 48.5 Å². The van der Waals surface area contributed by atoms with Gasteiger partial charge < -0.3 is 10.6 Å². The Balaban J connectivity index is 1.84. The lowest BCUT2D eigenvalue weighted by Crippen LogP contribution is -2.22. The quantitative estimate of drug-likeness (QED) is 0.928. The van der Waals surface area contributed by atoms with Crippen molar-refractivity contribution in [3.05, 3.63) is 65.5 Å². The average Bonchev–Trinajstić information content (AvgIpc) is 2.97. The van der Waals surface area contributed by atoms with Gasteiger partial charge in [0.2, 0.25) is 0 Å². The molecule has 2 N–H and O–H groups in total. The van der Waals surface area contributed by atoms with E-state index in [-0.39, 0.29) is 11.9 Å². The van der Waals surface area contributed by atoms with Crippen LogP contribution >= 0.6 is 0 Å². The van der Waals surface area contributed by atoms with E-state index in [0.29, 0.717) is 5.92 Å². The van der Waals surface area contributed by atoms with E-state index in [9.17, 15) is 4.39 Å². The molecule has 3 rings (SSSR count). The maximum Gasteiger partial charge on any atom is 0.123 e. The molecule has 1 aliphatic heterocycles. The molecule has 2 aromatic rings. The smallest absolute Gasteiger partial charge is 0.123 e. The standard InChI is InChI=1S/C18H21FN2/c1-13(20)17-11-16(19)7-8-18(17)21-10-9-15(12-21)14-5-3-2-4-6-14/h2-8,11,13,15H,9-10,12,20H2,1H3/t13-,15?/m1/s1. The van der Waals surface area contributed by atoms with Gasteiger partial charge in [0.25, 0.3) is 0 Å². The van der Waals surface area contributed by atoms with Crippen molar-refractivity contribution in [3.8, 4) is 0 Å². The third kappa shape index (κ3) is 2.93. The largest absolute Gasteiger partial charge is 0.371 e. The van der Waals surface area contributed by atoms with Gasteiger partial charge in [-0.3, -0.25) is 0 Å².